The van der Waals surface area contributed by atoms with E-state index < -0.39 is 6.10 Å². The van der Waals surface area contributed by atoms with E-state index >= 15 is 0 Å². The second kappa shape index (κ2) is 9.03. The molecule has 0 saturated carbocycles. The Bertz CT molecular complexity index is 539. The fourth-order valence-corrected chi connectivity index (χ4v) is 2.50. The van der Waals surface area contributed by atoms with Gasteiger partial charge in [0.1, 0.15) is 0 Å². The van der Waals surface area contributed by atoms with Gasteiger partial charge in [0.25, 0.3) is 0 Å². The molecule has 23 heavy (non-hydrogen) atoms. The maximum atomic E-state index is 12.1. The third-order valence-electron chi connectivity index (χ3n) is 3.68. The Morgan fingerprint density at radius 3 is 2.70 bits per heavy atom. The van der Waals surface area contributed by atoms with E-state index in [-0.39, 0.29) is 12.5 Å². The van der Waals surface area contributed by atoms with E-state index in [2.05, 4.69) is 10.2 Å². The van der Waals surface area contributed by atoms with Crippen molar-refractivity contribution in [1.82, 2.24) is 10.2 Å². The van der Waals surface area contributed by atoms with Crippen molar-refractivity contribution in [2.75, 3.05) is 39.4 Å². The summed E-state index contributed by atoms with van der Waals surface area (Å²) < 4.78 is 5.27. The molecule has 1 aromatic rings. The van der Waals surface area contributed by atoms with Crippen LogP contribution in [0.15, 0.2) is 29.8 Å². The summed E-state index contributed by atoms with van der Waals surface area (Å²) in [5, 5.41) is 13.4. The Hall–Kier alpha value is -1.40. The summed E-state index contributed by atoms with van der Waals surface area (Å²) in [6.45, 7) is 5.56. The number of morpholine rings is 1. The van der Waals surface area contributed by atoms with Gasteiger partial charge in [0.05, 0.1) is 19.3 Å². The maximum absolute atomic E-state index is 12.1. The summed E-state index contributed by atoms with van der Waals surface area (Å²) in [6.07, 6.45) is 1.21. The predicted molar refractivity (Wildman–Crippen MR) is 91.4 cm³/mol. The fraction of sp³-hybridized carbons (Fsp3) is 0.471. The molecule has 1 saturated heterocycles. The van der Waals surface area contributed by atoms with Crippen LogP contribution >= 0.6 is 11.6 Å². The molecule has 5 nitrogen and oxygen atoms in total. The van der Waals surface area contributed by atoms with E-state index in [1.807, 2.05) is 12.1 Å². The number of halogens is 1. The number of rotatable bonds is 6. The summed E-state index contributed by atoms with van der Waals surface area (Å²) in [5.74, 6) is -0.180. The normalized spacial score (nSPS) is 17.8. The highest BCUT2D eigenvalue weighted by molar-refractivity contribution is 6.30. The van der Waals surface area contributed by atoms with Gasteiger partial charge in [0.2, 0.25) is 5.91 Å². The topological polar surface area (TPSA) is 61.8 Å². The summed E-state index contributed by atoms with van der Waals surface area (Å²) in [5.41, 5.74) is 1.50. The van der Waals surface area contributed by atoms with Gasteiger partial charge in [0.15, 0.2) is 0 Å². The van der Waals surface area contributed by atoms with Gasteiger partial charge in [-0.25, -0.2) is 0 Å². The number of hydrogen-bond acceptors (Lipinski definition) is 4. The van der Waals surface area contributed by atoms with Crippen LogP contribution in [0.3, 0.4) is 0 Å². The largest absolute Gasteiger partial charge is 0.390 e. The minimum Gasteiger partial charge on any atom is -0.390 e. The zero-order valence-electron chi connectivity index (χ0n) is 13.3. The lowest BCUT2D eigenvalue weighted by Crippen LogP contribution is -2.44. The Morgan fingerprint density at radius 2 is 2.04 bits per heavy atom. The van der Waals surface area contributed by atoms with Crippen LogP contribution in [0.2, 0.25) is 5.02 Å². The van der Waals surface area contributed by atoms with Crippen LogP contribution in [0.5, 0.6) is 0 Å². The molecule has 0 radical (unpaired) electrons. The van der Waals surface area contributed by atoms with Crippen molar-refractivity contribution < 1.29 is 14.6 Å². The number of aliphatic hydroxyl groups excluding tert-OH is 1. The first-order chi connectivity index (χ1) is 11.0. The molecule has 1 aromatic carbocycles. The number of carbonyl (C=O) groups excluding carboxylic acids is 1. The number of ether oxygens (including phenoxy) is 1. The van der Waals surface area contributed by atoms with Gasteiger partial charge in [-0.05, 0) is 30.7 Å². The number of amides is 1. The Kier molecular flexibility index (Phi) is 7.05. The fourth-order valence-electron chi connectivity index (χ4n) is 2.37. The molecule has 0 aliphatic carbocycles. The first kappa shape index (κ1) is 17.9. The van der Waals surface area contributed by atoms with Crippen LogP contribution in [-0.2, 0) is 9.53 Å². The lowest BCUT2D eigenvalue weighted by atomic mass is 10.1. The second-order valence-electron chi connectivity index (χ2n) is 5.66. The summed E-state index contributed by atoms with van der Waals surface area (Å²) >= 11 is 5.84. The number of carbonyl (C=O) groups is 1. The molecular formula is C17H23ClN2O3. The SMILES string of the molecule is C/C(=C/c1ccc(Cl)cc1)C(=O)NCC(O)CN1CCOCC1. The van der Waals surface area contributed by atoms with E-state index in [0.717, 1.165) is 18.7 Å². The van der Waals surface area contributed by atoms with E-state index in [1.165, 1.54) is 0 Å². The van der Waals surface area contributed by atoms with E-state index in [1.54, 1.807) is 25.1 Å². The van der Waals surface area contributed by atoms with Crippen LogP contribution < -0.4 is 5.32 Å². The van der Waals surface area contributed by atoms with Crippen LogP contribution in [0, 0.1) is 0 Å². The van der Waals surface area contributed by atoms with Gasteiger partial charge < -0.3 is 15.2 Å². The molecule has 1 heterocycles. The number of β-amino-alcohol motifs (C(OH)–C–C–N with tert-alkyl or cyclic N) is 1. The quantitative estimate of drug-likeness (QED) is 0.773. The Morgan fingerprint density at radius 1 is 1.39 bits per heavy atom. The number of nitrogens with one attached hydrogen (secondary N) is 1. The van der Waals surface area contributed by atoms with Crippen molar-refractivity contribution in [3.8, 4) is 0 Å². The van der Waals surface area contributed by atoms with Crippen molar-refractivity contribution in [2.45, 2.75) is 13.0 Å². The molecule has 1 aliphatic rings. The molecule has 126 valence electrons. The number of benzene rings is 1. The van der Waals surface area contributed by atoms with E-state index in [0.29, 0.717) is 30.4 Å². The van der Waals surface area contributed by atoms with E-state index in [9.17, 15) is 9.90 Å². The third kappa shape index (κ3) is 6.31. The Balaban J connectivity index is 1.77. The molecule has 1 unspecified atom stereocenters. The Labute approximate surface area is 141 Å². The highest BCUT2D eigenvalue weighted by Gasteiger charge is 2.15. The number of nitrogens with zero attached hydrogens (tertiary/aromatic N) is 1. The van der Waals surface area contributed by atoms with Crippen molar-refractivity contribution >= 4 is 23.6 Å². The monoisotopic (exact) mass is 338 g/mol. The predicted octanol–water partition coefficient (Wildman–Crippen LogP) is 1.55. The number of hydrogen-bond donors (Lipinski definition) is 2. The van der Waals surface area contributed by atoms with Crippen LogP contribution in [-0.4, -0.2) is 61.4 Å². The molecule has 1 amide bonds. The minimum atomic E-state index is -0.583. The zero-order valence-corrected chi connectivity index (χ0v) is 14.1. The highest BCUT2D eigenvalue weighted by atomic mass is 35.5. The van der Waals surface area contributed by atoms with Crippen molar-refractivity contribution in [3.63, 3.8) is 0 Å². The second-order valence-corrected chi connectivity index (χ2v) is 6.09. The lowest BCUT2D eigenvalue weighted by Gasteiger charge is -2.28. The summed E-state index contributed by atoms with van der Waals surface area (Å²) in [6, 6.07) is 7.27. The smallest absolute Gasteiger partial charge is 0.247 e. The van der Waals surface area contributed by atoms with Crippen molar-refractivity contribution in [1.29, 1.82) is 0 Å². The average molecular weight is 339 g/mol. The standard InChI is InChI=1S/C17H23ClN2O3/c1-13(10-14-2-4-15(18)5-3-14)17(22)19-11-16(21)12-20-6-8-23-9-7-20/h2-5,10,16,21H,6-9,11-12H2,1H3,(H,19,22)/b13-10-. The minimum absolute atomic E-state index is 0.180. The van der Waals surface area contributed by atoms with Gasteiger partial charge in [-0.1, -0.05) is 23.7 Å². The van der Waals surface area contributed by atoms with Crippen LogP contribution in [0.25, 0.3) is 6.08 Å². The van der Waals surface area contributed by atoms with Gasteiger partial charge in [-0.2, -0.15) is 0 Å². The van der Waals surface area contributed by atoms with Crippen molar-refractivity contribution in [3.05, 3.63) is 40.4 Å². The first-order valence-electron chi connectivity index (χ1n) is 7.75. The summed E-state index contributed by atoms with van der Waals surface area (Å²) in [7, 11) is 0. The maximum Gasteiger partial charge on any atom is 0.247 e. The molecule has 0 spiro atoms. The van der Waals surface area contributed by atoms with Crippen LogP contribution in [0.4, 0.5) is 0 Å². The van der Waals surface area contributed by atoms with Gasteiger partial charge in [-0.3, -0.25) is 9.69 Å². The van der Waals surface area contributed by atoms with Gasteiger partial charge >= 0.3 is 0 Å². The molecular weight excluding hydrogens is 316 g/mol. The molecule has 2 N–H and O–H groups in total. The molecule has 0 aromatic heterocycles. The van der Waals surface area contributed by atoms with Crippen LogP contribution in [0.1, 0.15) is 12.5 Å². The molecule has 1 aliphatic heterocycles. The molecule has 1 atom stereocenters. The summed E-state index contributed by atoms with van der Waals surface area (Å²) in [4.78, 5) is 14.2. The third-order valence-corrected chi connectivity index (χ3v) is 3.93. The van der Waals surface area contributed by atoms with E-state index in [4.69, 9.17) is 16.3 Å². The average Bonchev–Trinajstić information content (AvgIpc) is 2.55. The highest BCUT2D eigenvalue weighted by Crippen LogP contribution is 2.12. The van der Waals surface area contributed by atoms with Crippen molar-refractivity contribution in [2.24, 2.45) is 0 Å². The molecule has 6 heteroatoms. The first-order valence-corrected chi connectivity index (χ1v) is 8.12. The number of aliphatic hydroxyl groups is 1. The molecule has 1 fully saturated rings. The zero-order chi connectivity index (χ0) is 16.7. The lowest BCUT2D eigenvalue weighted by molar-refractivity contribution is -0.117. The van der Waals surface area contributed by atoms with Gasteiger partial charge in [-0.15, -0.1) is 0 Å². The van der Waals surface area contributed by atoms with Gasteiger partial charge in [0, 0.05) is 36.8 Å². The molecule has 0 bridgehead atoms. The molecule has 2 rings (SSSR count).